The number of benzene rings is 3. The van der Waals surface area contributed by atoms with Gasteiger partial charge in [0.05, 0.1) is 30.8 Å². The number of sulfonamides is 1. The largest absolute Gasteiger partial charge is 0.497 e. The van der Waals surface area contributed by atoms with Crippen LogP contribution in [0.25, 0.3) is 0 Å². The quantitative estimate of drug-likeness (QED) is 0.418. The minimum atomic E-state index is -3.85. The van der Waals surface area contributed by atoms with E-state index in [1.54, 1.807) is 30.3 Å². The lowest BCUT2D eigenvalue weighted by atomic mass is 9.76. The fourth-order valence-electron chi connectivity index (χ4n) is 5.24. The number of methoxy groups -OCH3 is 2. The van der Waals surface area contributed by atoms with Gasteiger partial charge in [0, 0.05) is 17.7 Å². The number of hydrogen-bond acceptors (Lipinski definition) is 5. The number of ether oxygens (including phenoxy) is 2. The standard InChI is InChI=1S/C28H30N2O4S/c1-17-8-9-18(2)23(14-17)28-22-7-5-6-21(22)24-16-20(11-12-25(24)29-28)35(31,32)30-26-15-19(33-3)10-13-27(26)34-4/h5-6,8-16,21-22,28-30H,7H2,1-4H3/t21-,22+,28-/m0/s1. The van der Waals surface area contributed by atoms with E-state index in [0.717, 1.165) is 17.7 Å². The summed E-state index contributed by atoms with van der Waals surface area (Å²) in [5, 5.41) is 3.72. The number of hydrogen-bond donors (Lipinski definition) is 2. The first-order valence-electron chi connectivity index (χ1n) is 11.7. The third kappa shape index (κ3) is 4.25. The zero-order chi connectivity index (χ0) is 24.7. The predicted molar refractivity (Wildman–Crippen MR) is 139 cm³/mol. The third-order valence-electron chi connectivity index (χ3n) is 7.07. The molecule has 6 nitrogen and oxygen atoms in total. The second-order valence-electron chi connectivity index (χ2n) is 9.26. The van der Waals surface area contributed by atoms with Gasteiger partial charge >= 0.3 is 0 Å². The van der Waals surface area contributed by atoms with Crippen molar-refractivity contribution in [2.24, 2.45) is 5.92 Å². The summed E-state index contributed by atoms with van der Waals surface area (Å²) in [4.78, 5) is 0.215. The maximum absolute atomic E-state index is 13.4. The topological polar surface area (TPSA) is 76.7 Å². The van der Waals surface area contributed by atoms with Crippen LogP contribution in [-0.4, -0.2) is 22.6 Å². The van der Waals surface area contributed by atoms with Gasteiger partial charge in [-0.05, 0) is 73.2 Å². The summed E-state index contributed by atoms with van der Waals surface area (Å²) in [6.45, 7) is 4.27. The lowest BCUT2D eigenvalue weighted by molar-refractivity contribution is 0.405. The molecule has 5 rings (SSSR count). The van der Waals surface area contributed by atoms with Crippen molar-refractivity contribution in [2.75, 3.05) is 24.3 Å². The molecular weight excluding hydrogens is 460 g/mol. The van der Waals surface area contributed by atoms with Gasteiger partial charge in [0.25, 0.3) is 10.0 Å². The van der Waals surface area contributed by atoms with Crippen molar-refractivity contribution in [3.63, 3.8) is 0 Å². The number of nitrogens with one attached hydrogen (secondary N) is 2. The zero-order valence-corrected chi connectivity index (χ0v) is 21.1. The molecule has 35 heavy (non-hydrogen) atoms. The Morgan fingerprint density at radius 2 is 1.77 bits per heavy atom. The molecule has 0 unspecified atom stereocenters. The summed E-state index contributed by atoms with van der Waals surface area (Å²) in [6.07, 6.45) is 5.38. The molecule has 3 aromatic carbocycles. The molecule has 0 radical (unpaired) electrons. The Morgan fingerprint density at radius 3 is 2.54 bits per heavy atom. The predicted octanol–water partition coefficient (Wildman–Crippen LogP) is 5.95. The maximum Gasteiger partial charge on any atom is 0.262 e. The van der Waals surface area contributed by atoms with Gasteiger partial charge < -0.3 is 14.8 Å². The van der Waals surface area contributed by atoms with Gasteiger partial charge in [-0.25, -0.2) is 8.42 Å². The van der Waals surface area contributed by atoms with E-state index in [9.17, 15) is 8.42 Å². The highest BCUT2D eigenvalue weighted by Gasteiger charge is 2.39. The molecule has 0 amide bonds. The Labute approximate surface area is 207 Å². The van der Waals surface area contributed by atoms with E-state index < -0.39 is 10.0 Å². The highest BCUT2D eigenvalue weighted by molar-refractivity contribution is 7.92. The van der Waals surface area contributed by atoms with Gasteiger partial charge in [-0.2, -0.15) is 0 Å². The molecule has 0 fully saturated rings. The number of aryl methyl sites for hydroxylation is 2. The van der Waals surface area contributed by atoms with Gasteiger partial charge in [-0.15, -0.1) is 0 Å². The molecule has 1 aliphatic heterocycles. The second kappa shape index (κ2) is 8.96. The molecule has 1 heterocycles. The highest BCUT2D eigenvalue weighted by Crippen LogP contribution is 2.50. The van der Waals surface area contributed by atoms with Gasteiger partial charge in [-0.3, -0.25) is 4.72 Å². The summed E-state index contributed by atoms with van der Waals surface area (Å²) in [6, 6.07) is 17.1. The van der Waals surface area contributed by atoms with E-state index in [2.05, 4.69) is 54.2 Å². The summed E-state index contributed by atoms with van der Waals surface area (Å²) in [7, 11) is -0.810. The molecule has 3 aromatic rings. The molecule has 2 aliphatic rings. The molecule has 2 N–H and O–H groups in total. The van der Waals surface area contributed by atoms with Crippen LogP contribution in [0.5, 0.6) is 11.5 Å². The Balaban J connectivity index is 1.50. The van der Waals surface area contributed by atoms with Crippen LogP contribution < -0.4 is 19.5 Å². The van der Waals surface area contributed by atoms with Crippen molar-refractivity contribution >= 4 is 21.4 Å². The Morgan fingerprint density at radius 1 is 0.943 bits per heavy atom. The van der Waals surface area contributed by atoms with E-state index in [1.807, 2.05) is 6.07 Å². The Kier molecular flexibility index (Phi) is 5.97. The van der Waals surface area contributed by atoms with Crippen molar-refractivity contribution in [3.8, 4) is 11.5 Å². The first kappa shape index (κ1) is 23.3. The molecule has 0 bridgehead atoms. The molecule has 0 saturated heterocycles. The van der Waals surface area contributed by atoms with Crippen molar-refractivity contribution in [1.82, 2.24) is 0 Å². The molecule has 0 saturated carbocycles. The van der Waals surface area contributed by atoms with E-state index in [-0.39, 0.29) is 16.9 Å². The van der Waals surface area contributed by atoms with Crippen LogP contribution in [0.1, 0.15) is 40.6 Å². The summed E-state index contributed by atoms with van der Waals surface area (Å²) >= 11 is 0. The van der Waals surface area contributed by atoms with Gasteiger partial charge in [0.2, 0.25) is 0 Å². The van der Waals surface area contributed by atoms with Crippen molar-refractivity contribution in [1.29, 1.82) is 0 Å². The lowest BCUT2D eigenvalue weighted by Crippen LogP contribution is -2.30. The smallest absolute Gasteiger partial charge is 0.262 e. The lowest BCUT2D eigenvalue weighted by Gasteiger charge is -2.38. The van der Waals surface area contributed by atoms with Crippen LogP contribution in [-0.2, 0) is 10.0 Å². The first-order valence-corrected chi connectivity index (χ1v) is 13.2. The van der Waals surface area contributed by atoms with E-state index in [0.29, 0.717) is 23.1 Å². The SMILES string of the molecule is COc1ccc(OC)c(NS(=O)(=O)c2ccc3c(c2)[C@H]2C=CC[C@H]2[C@@H](c2cc(C)ccc2C)N3)c1. The van der Waals surface area contributed by atoms with Crippen LogP contribution in [0.4, 0.5) is 11.4 Å². The van der Waals surface area contributed by atoms with E-state index >= 15 is 0 Å². The zero-order valence-electron chi connectivity index (χ0n) is 20.3. The van der Waals surface area contributed by atoms with E-state index in [1.165, 1.54) is 30.9 Å². The summed E-state index contributed by atoms with van der Waals surface area (Å²) in [5.74, 6) is 1.43. The van der Waals surface area contributed by atoms with Crippen LogP contribution in [0.2, 0.25) is 0 Å². The van der Waals surface area contributed by atoms with Crippen molar-refractivity contribution in [2.45, 2.75) is 37.1 Å². The summed E-state index contributed by atoms with van der Waals surface area (Å²) in [5.41, 5.74) is 6.11. The van der Waals surface area contributed by atoms with Crippen LogP contribution in [0.3, 0.4) is 0 Å². The van der Waals surface area contributed by atoms with Crippen LogP contribution in [0.15, 0.2) is 71.6 Å². The average Bonchev–Trinajstić information content (AvgIpc) is 3.35. The average molecular weight is 491 g/mol. The van der Waals surface area contributed by atoms with Gasteiger partial charge in [0.15, 0.2) is 0 Å². The molecule has 3 atom stereocenters. The molecule has 182 valence electrons. The number of allylic oxidation sites excluding steroid dienone is 2. The summed E-state index contributed by atoms with van der Waals surface area (Å²) < 4.78 is 40.0. The Bertz CT molecular complexity index is 1410. The maximum atomic E-state index is 13.4. The molecule has 0 aromatic heterocycles. The van der Waals surface area contributed by atoms with E-state index in [4.69, 9.17) is 9.47 Å². The van der Waals surface area contributed by atoms with Gasteiger partial charge in [-0.1, -0.05) is 35.9 Å². The monoisotopic (exact) mass is 490 g/mol. The molecule has 0 spiro atoms. The first-order chi connectivity index (χ1) is 16.8. The highest BCUT2D eigenvalue weighted by atomic mass is 32.2. The third-order valence-corrected chi connectivity index (χ3v) is 8.43. The molecule has 7 heteroatoms. The molecular formula is C28H30N2O4S. The fraction of sp³-hybridized carbons (Fsp3) is 0.286. The minimum absolute atomic E-state index is 0.151. The normalized spacial score (nSPS) is 20.5. The fourth-order valence-corrected chi connectivity index (χ4v) is 6.34. The Hall–Kier alpha value is -3.45. The molecule has 1 aliphatic carbocycles. The van der Waals surface area contributed by atoms with Crippen molar-refractivity contribution in [3.05, 3.63) is 89.0 Å². The number of rotatable bonds is 6. The van der Waals surface area contributed by atoms with Crippen LogP contribution >= 0.6 is 0 Å². The van der Waals surface area contributed by atoms with Crippen LogP contribution in [0, 0.1) is 19.8 Å². The number of anilines is 2. The second-order valence-corrected chi connectivity index (χ2v) is 10.9. The minimum Gasteiger partial charge on any atom is -0.497 e. The van der Waals surface area contributed by atoms with Crippen molar-refractivity contribution < 1.29 is 17.9 Å². The number of fused-ring (bicyclic) bond motifs is 3. The van der Waals surface area contributed by atoms with Gasteiger partial charge in [0.1, 0.15) is 11.5 Å².